The van der Waals surface area contributed by atoms with Crippen LogP contribution in [0.3, 0.4) is 0 Å². The molecule has 1 aromatic carbocycles. The zero-order valence-electron chi connectivity index (χ0n) is 7.83. The number of benzene rings is 1. The van der Waals surface area contributed by atoms with Crippen molar-refractivity contribution >= 4 is 21.4 Å². The van der Waals surface area contributed by atoms with Crippen molar-refractivity contribution < 1.29 is 8.42 Å². The molecule has 1 rings (SSSR count). The first-order valence-corrected chi connectivity index (χ1v) is 6.06. The van der Waals surface area contributed by atoms with Crippen molar-refractivity contribution in [1.29, 1.82) is 0 Å². The van der Waals surface area contributed by atoms with Gasteiger partial charge in [-0.15, -0.1) is 11.6 Å². The lowest BCUT2D eigenvalue weighted by Gasteiger charge is -2.04. The van der Waals surface area contributed by atoms with Crippen LogP contribution in [0.25, 0.3) is 0 Å². The Labute approximate surface area is 89.1 Å². The highest BCUT2D eigenvalue weighted by Gasteiger charge is 2.17. The van der Waals surface area contributed by atoms with Gasteiger partial charge in [0.15, 0.2) is 0 Å². The van der Waals surface area contributed by atoms with Gasteiger partial charge in [0, 0.05) is 0 Å². The highest BCUT2D eigenvalue weighted by Crippen LogP contribution is 2.18. The van der Waals surface area contributed by atoms with Gasteiger partial charge < -0.3 is 0 Å². The lowest BCUT2D eigenvalue weighted by atomic mass is 10.2. The van der Waals surface area contributed by atoms with E-state index < -0.39 is 9.84 Å². The van der Waals surface area contributed by atoms with Crippen LogP contribution in [0.15, 0.2) is 40.6 Å². The van der Waals surface area contributed by atoms with E-state index in [9.17, 15) is 8.42 Å². The molecule has 2 nitrogen and oxygen atoms in total. The molecule has 0 unspecified atom stereocenters. The Morgan fingerprint density at radius 2 is 1.86 bits per heavy atom. The van der Waals surface area contributed by atoms with Gasteiger partial charge in [-0.2, -0.15) is 0 Å². The molecule has 0 amide bonds. The van der Waals surface area contributed by atoms with Crippen molar-refractivity contribution in [1.82, 2.24) is 0 Å². The Bertz CT molecular complexity index is 432. The van der Waals surface area contributed by atoms with E-state index in [0.29, 0.717) is 0 Å². The number of allylic oxidation sites excluding steroid dienone is 1. The molecule has 0 bridgehead atoms. The Balaban J connectivity index is 3.18. The van der Waals surface area contributed by atoms with Crippen LogP contribution in [0.1, 0.15) is 5.56 Å². The SMILES string of the molecule is C=C(CCl)S(=O)(=O)c1ccc(C)cc1. The quantitative estimate of drug-likeness (QED) is 0.748. The Morgan fingerprint density at radius 3 is 2.29 bits per heavy atom. The summed E-state index contributed by atoms with van der Waals surface area (Å²) >= 11 is 5.44. The molecule has 4 heteroatoms. The molecule has 0 atom stereocenters. The average molecular weight is 231 g/mol. The van der Waals surface area contributed by atoms with E-state index in [1.165, 1.54) is 0 Å². The lowest BCUT2D eigenvalue weighted by Crippen LogP contribution is -2.04. The van der Waals surface area contributed by atoms with Gasteiger partial charge in [-0.05, 0) is 19.1 Å². The molecule has 0 aliphatic heterocycles. The molecular formula is C10H11ClO2S. The van der Waals surface area contributed by atoms with E-state index in [1.807, 2.05) is 6.92 Å². The highest BCUT2D eigenvalue weighted by atomic mass is 35.5. The monoisotopic (exact) mass is 230 g/mol. The van der Waals surface area contributed by atoms with Crippen molar-refractivity contribution in [3.63, 3.8) is 0 Å². The van der Waals surface area contributed by atoms with Crippen LogP contribution in [-0.4, -0.2) is 14.3 Å². The highest BCUT2D eigenvalue weighted by molar-refractivity contribution is 7.95. The lowest BCUT2D eigenvalue weighted by molar-refractivity contribution is 0.602. The molecule has 0 radical (unpaired) electrons. The van der Waals surface area contributed by atoms with E-state index in [1.54, 1.807) is 24.3 Å². The van der Waals surface area contributed by atoms with E-state index >= 15 is 0 Å². The second kappa shape index (κ2) is 4.15. The first kappa shape index (κ1) is 11.3. The van der Waals surface area contributed by atoms with Crippen LogP contribution >= 0.6 is 11.6 Å². The van der Waals surface area contributed by atoms with Gasteiger partial charge >= 0.3 is 0 Å². The summed E-state index contributed by atoms with van der Waals surface area (Å²) in [4.78, 5) is 0.275. The largest absolute Gasteiger partial charge is 0.219 e. The second-order valence-electron chi connectivity index (χ2n) is 2.99. The molecule has 0 saturated carbocycles. The third-order valence-electron chi connectivity index (χ3n) is 1.86. The first-order valence-electron chi connectivity index (χ1n) is 4.04. The molecule has 0 heterocycles. The summed E-state index contributed by atoms with van der Waals surface area (Å²) in [6.07, 6.45) is 0. The number of hydrogen-bond donors (Lipinski definition) is 0. The topological polar surface area (TPSA) is 34.1 Å². The van der Waals surface area contributed by atoms with Gasteiger partial charge in [0.1, 0.15) is 0 Å². The standard InChI is InChI=1S/C10H11ClO2S/c1-8-3-5-10(6-4-8)14(12,13)9(2)7-11/h3-6H,2,7H2,1H3. The van der Waals surface area contributed by atoms with Crippen molar-refractivity contribution in [2.24, 2.45) is 0 Å². The van der Waals surface area contributed by atoms with Crippen LogP contribution in [-0.2, 0) is 9.84 Å². The fraction of sp³-hybridized carbons (Fsp3) is 0.200. The fourth-order valence-corrected chi connectivity index (χ4v) is 2.36. The van der Waals surface area contributed by atoms with Gasteiger partial charge in [0.05, 0.1) is 15.7 Å². The Hall–Kier alpha value is -0.800. The molecule has 14 heavy (non-hydrogen) atoms. The van der Waals surface area contributed by atoms with Crippen molar-refractivity contribution in [3.05, 3.63) is 41.3 Å². The molecular weight excluding hydrogens is 220 g/mol. The molecule has 0 aliphatic rings. The van der Waals surface area contributed by atoms with Crippen LogP contribution in [0.4, 0.5) is 0 Å². The number of halogens is 1. The number of sulfone groups is 1. The maximum Gasteiger partial charge on any atom is 0.203 e. The predicted molar refractivity (Wildman–Crippen MR) is 58.2 cm³/mol. The van der Waals surface area contributed by atoms with E-state index in [2.05, 4.69) is 6.58 Å². The van der Waals surface area contributed by atoms with Crippen LogP contribution < -0.4 is 0 Å². The number of alkyl halides is 1. The van der Waals surface area contributed by atoms with Gasteiger partial charge in [0.2, 0.25) is 9.84 Å². The molecule has 0 N–H and O–H groups in total. The molecule has 76 valence electrons. The molecule has 0 fully saturated rings. The normalized spacial score (nSPS) is 11.3. The predicted octanol–water partition coefficient (Wildman–Crippen LogP) is 2.52. The first-order chi connectivity index (χ1) is 6.48. The zero-order valence-corrected chi connectivity index (χ0v) is 9.40. The maximum absolute atomic E-state index is 11.7. The third-order valence-corrected chi connectivity index (χ3v) is 4.14. The van der Waals surface area contributed by atoms with Crippen molar-refractivity contribution in [2.45, 2.75) is 11.8 Å². The van der Waals surface area contributed by atoms with E-state index in [4.69, 9.17) is 11.6 Å². The van der Waals surface area contributed by atoms with Gasteiger partial charge in [-0.1, -0.05) is 24.3 Å². The Kier molecular flexibility index (Phi) is 3.34. The fourth-order valence-electron chi connectivity index (χ4n) is 0.956. The van der Waals surface area contributed by atoms with Crippen molar-refractivity contribution in [2.75, 3.05) is 5.88 Å². The maximum atomic E-state index is 11.7. The molecule has 0 spiro atoms. The number of rotatable bonds is 3. The van der Waals surface area contributed by atoms with Crippen molar-refractivity contribution in [3.8, 4) is 0 Å². The number of aryl methyl sites for hydroxylation is 1. The zero-order chi connectivity index (χ0) is 10.8. The average Bonchev–Trinajstić information content (AvgIpc) is 2.17. The van der Waals surface area contributed by atoms with Crippen LogP contribution in [0, 0.1) is 6.92 Å². The summed E-state index contributed by atoms with van der Waals surface area (Å²) in [5.41, 5.74) is 1.01. The molecule has 0 aliphatic carbocycles. The Morgan fingerprint density at radius 1 is 1.36 bits per heavy atom. The molecule has 0 aromatic heterocycles. The van der Waals surface area contributed by atoms with Gasteiger partial charge in [0.25, 0.3) is 0 Å². The summed E-state index contributed by atoms with van der Waals surface area (Å²) in [6, 6.07) is 6.60. The van der Waals surface area contributed by atoms with Gasteiger partial charge in [-0.3, -0.25) is 0 Å². The van der Waals surface area contributed by atoms with Crippen LogP contribution in [0.5, 0.6) is 0 Å². The summed E-state index contributed by atoms with van der Waals surface area (Å²) in [6.45, 7) is 5.32. The summed E-state index contributed by atoms with van der Waals surface area (Å²) in [5, 5.41) is 0. The number of hydrogen-bond acceptors (Lipinski definition) is 2. The summed E-state index contributed by atoms with van der Waals surface area (Å²) < 4.78 is 23.4. The van der Waals surface area contributed by atoms with E-state index in [-0.39, 0.29) is 15.7 Å². The third kappa shape index (κ3) is 2.16. The minimum absolute atomic E-state index is 0.0306. The second-order valence-corrected chi connectivity index (χ2v) is 5.31. The minimum Gasteiger partial charge on any atom is -0.219 e. The van der Waals surface area contributed by atoms with E-state index in [0.717, 1.165) is 5.56 Å². The molecule has 1 aromatic rings. The minimum atomic E-state index is -3.43. The smallest absolute Gasteiger partial charge is 0.203 e. The van der Waals surface area contributed by atoms with Crippen LogP contribution in [0.2, 0.25) is 0 Å². The molecule has 0 saturated heterocycles. The summed E-state index contributed by atoms with van der Waals surface area (Å²) in [7, 11) is -3.43. The summed E-state index contributed by atoms with van der Waals surface area (Å²) in [5.74, 6) is -0.0732. The van der Waals surface area contributed by atoms with Gasteiger partial charge in [-0.25, -0.2) is 8.42 Å².